The third kappa shape index (κ3) is 4.66. The van der Waals surface area contributed by atoms with Crippen LogP contribution in [0.4, 0.5) is 0 Å². The van der Waals surface area contributed by atoms with Crippen molar-refractivity contribution in [1.82, 2.24) is 15.0 Å². The van der Waals surface area contributed by atoms with Crippen molar-refractivity contribution in [3.63, 3.8) is 0 Å². The van der Waals surface area contributed by atoms with Gasteiger partial charge in [-0.1, -0.05) is 102 Å². The van der Waals surface area contributed by atoms with Gasteiger partial charge in [-0.05, 0) is 46.2 Å². The van der Waals surface area contributed by atoms with Gasteiger partial charge < -0.3 is 0 Å². The highest BCUT2D eigenvalue weighted by molar-refractivity contribution is 5.87. The predicted molar refractivity (Wildman–Crippen MR) is 151 cm³/mol. The fourth-order valence-corrected chi connectivity index (χ4v) is 4.67. The summed E-state index contributed by atoms with van der Waals surface area (Å²) in [6, 6.07) is 29.3. The largest absolute Gasteiger partial charge is 0.256 e. The van der Waals surface area contributed by atoms with E-state index in [1.54, 1.807) is 0 Å². The van der Waals surface area contributed by atoms with E-state index in [4.69, 9.17) is 9.97 Å². The second kappa shape index (κ2) is 8.98. The summed E-state index contributed by atoms with van der Waals surface area (Å²) in [5, 5.41) is 0. The van der Waals surface area contributed by atoms with Crippen LogP contribution in [-0.2, 0) is 10.8 Å². The average Bonchev–Trinajstić information content (AvgIpc) is 2.87. The first-order valence-corrected chi connectivity index (χ1v) is 12.6. The number of aromatic nitrogens is 3. The van der Waals surface area contributed by atoms with E-state index in [-0.39, 0.29) is 10.8 Å². The summed E-state index contributed by atoms with van der Waals surface area (Å²) in [6.45, 7) is 13.6. The molecule has 5 rings (SSSR count). The first-order valence-electron chi connectivity index (χ1n) is 12.6. The van der Waals surface area contributed by atoms with E-state index >= 15 is 0 Å². The van der Waals surface area contributed by atoms with Crippen LogP contribution in [-0.4, -0.2) is 15.0 Å². The molecule has 5 aromatic rings. The quantitative estimate of drug-likeness (QED) is 0.264. The molecule has 0 N–H and O–H groups in total. The molecular formula is C33H33N3. The van der Waals surface area contributed by atoms with Crippen LogP contribution >= 0.6 is 0 Å². The molecule has 0 saturated carbocycles. The maximum Gasteiger partial charge on any atom is 0.0973 e. The van der Waals surface area contributed by atoms with Crippen molar-refractivity contribution >= 4 is 11.0 Å². The zero-order valence-electron chi connectivity index (χ0n) is 22.0. The molecule has 180 valence electrons. The molecule has 0 aliphatic carbocycles. The van der Waals surface area contributed by atoms with Gasteiger partial charge in [0.25, 0.3) is 0 Å². The number of pyridine rings is 1. The number of fused-ring (bicyclic) bond motifs is 1. The minimum atomic E-state index is 0.00107. The molecule has 0 atom stereocenters. The highest BCUT2D eigenvalue weighted by Gasteiger charge is 2.27. The fourth-order valence-electron chi connectivity index (χ4n) is 4.67. The lowest BCUT2D eigenvalue weighted by Crippen LogP contribution is -2.22. The summed E-state index contributed by atoms with van der Waals surface area (Å²) in [4.78, 5) is 15.0. The maximum atomic E-state index is 5.24. The van der Waals surface area contributed by atoms with Gasteiger partial charge in [0.2, 0.25) is 0 Å². The Morgan fingerprint density at radius 3 is 1.44 bits per heavy atom. The minimum absolute atomic E-state index is 0.00107. The molecule has 3 heteroatoms. The predicted octanol–water partition coefficient (Wildman–Crippen LogP) is 8.62. The van der Waals surface area contributed by atoms with Gasteiger partial charge in [-0.15, -0.1) is 0 Å². The monoisotopic (exact) mass is 471 g/mol. The van der Waals surface area contributed by atoms with Gasteiger partial charge in [0, 0.05) is 22.9 Å². The van der Waals surface area contributed by atoms with Crippen LogP contribution in [0.15, 0.2) is 91.1 Å². The Labute approximate surface area is 214 Å². The Bertz CT molecular complexity index is 1510. The summed E-state index contributed by atoms with van der Waals surface area (Å²) in [5.41, 5.74) is 10.4. The van der Waals surface area contributed by atoms with Gasteiger partial charge in [-0.25, -0.2) is 9.97 Å². The lowest BCUT2D eigenvalue weighted by molar-refractivity contribution is 0.531. The molecule has 0 aliphatic rings. The number of rotatable bonds is 3. The highest BCUT2D eigenvalue weighted by Crippen LogP contribution is 2.38. The molecule has 2 aromatic heterocycles. The van der Waals surface area contributed by atoms with Crippen molar-refractivity contribution in [3.05, 3.63) is 102 Å². The van der Waals surface area contributed by atoms with Crippen molar-refractivity contribution in [3.8, 4) is 33.8 Å². The van der Waals surface area contributed by atoms with Crippen molar-refractivity contribution < 1.29 is 0 Å². The Morgan fingerprint density at radius 1 is 0.500 bits per heavy atom. The Morgan fingerprint density at radius 2 is 0.972 bits per heavy atom. The lowest BCUT2D eigenvalue weighted by Gasteiger charge is -2.30. The number of nitrogens with zero attached hydrogens (tertiary/aromatic N) is 3. The molecular weight excluding hydrogens is 438 g/mol. The molecule has 0 amide bonds. The molecule has 0 saturated heterocycles. The summed E-state index contributed by atoms with van der Waals surface area (Å²) in [7, 11) is 0. The van der Waals surface area contributed by atoms with Gasteiger partial charge in [0.1, 0.15) is 0 Å². The van der Waals surface area contributed by atoms with Crippen molar-refractivity contribution in [1.29, 1.82) is 0 Å². The first-order chi connectivity index (χ1) is 17.1. The van der Waals surface area contributed by atoms with Crippen LogP contribution in [0.1, 0.15) is 52.7 Å². The Hall–Kier alpha value is -3.85. The summed E-state index contributed by atoms with van der Waals surface area (Å²) >= 11 is 0. The number of hydrogen-bond acceptors (Lipinski definition) is 3. The van der Waals surface area contributed by atoms with Crippen molar-refractivity contribution in [2.75, 3.05) is 0 Å². The smallest absolute Gasteiger partial charge is 0.0973 e. The zero-order valence-corrected chi connectivity index (χ0v) is 22.0. The average molecular weight is 472 g/mol. The number of benzene rings is 3. The Kier molecular flexibility index (Phi) is 5.96. The molecule has 0 radical (unpaired) electrons. The molecule has 0 spiro atoms. The van der Waals surface area contributed by atoms with Gasteiger partial charge >= 0.3 is 0 Å². The van der Waals surface area contributed by atoms with E-state index in [1.807, 2.05) is 30.5 Å². The molecule has 3 aromatic carbocycles. The van der Waals surface area contributed by atoms with E-state index in [2.05, 4.69) is 107 Å². The molecule has 36 heavy (non-hydrogen) atoms. The molecule has 0 bridgehead atoms. The second-order valence-corrected chi connectivity index (χ2v) is 11.5. The van der Waals surface area contributed by atoms with Crippen LogP contribution in [0.25, 0.3) is 44.8 Å². The SMILES string of the molecule is CC(C)(C)c1cc2nc(-c3ccccc3)c(-c3ccc(-c4ccccn4)cc3)nc2cc1C(C)(C)C. The topological polar surface area (TPSA) is 38.7 Å². The lowest BCUT2D eigenvalue weighted by atomic mass is 9.75. The van der Waals surface area contributed by atoms with E-state index in [0.29, 0.717) is 0 Å². The van der Waals surface area contributed by atoms with E-state index < -0.39 is 0 Å². The normalized spacial score (nSPS) is 12.2. The molecule has 0 aliphatic heterocycles. The molecule has 0 unspecified atom stereocenters. The van der Waals surface area contributed by atoms with Gasteiger partial charge in [-0.2, -0.15) is 0 Å². The molecule has 2 heterocycles. The maximum absolute atomic E-state index is 5.24. The van der Waals surface area contributed by atoms with Crippen LogP contribution < -0.4 is 0 Å². The number of hydrogen-bond donors (Lipinski definition) is 0. The van der Waals surface area contributed by atoms with Crippen LogP contribution in [0, 0.1) is 0 Å². The van der Waals surface area contributed by atoms with Gasteiger partial charge in [-0.3, -0.25) is 4.98 Å². The molecule has 3 nitrogen and oxygen atoms in total. The summed E-state index contributed by atoms with van der Waals surface area (Å²) in [5.74, 6) is 0. The Balaban J connectivity index is 1.74. The third-order valence-corrected chi connectivity index (χ3v) is 6.59. The van der Waals surface area contributed by atoms with Crippen molar-refractivity contribution in [2.45, 2.75) is 52.4 Å². The first kappa shape index (κ1) is 23.9. The minimum Gasteiger partial charge on any atom is -0.256 e. The van der Waals surface area contributed by atoms with Crippen molar-refractivity contribution in [2.24, 2.45) is 0 Å². The fraction of sp³-hybridized carbons (Fsp3) is 0.242. The van der Waals surface area contributed by atoms with E-state index in [0.717, 1.165) is 44.8 Å². The zero-order chi connectivity index (χ0) is 25.5. The van der Waals surface area contributed by atoms with Gasteiger partial charge in [0.15, 0.2) is 0 Å². The summed E-state index contributed by atoms with van der Waals surface area (Å²) in [6.07, 6.45) is 1.82. The van der Waals surface area contributed by atoms with Crippen LogP contribution in [0.3, 0.4) is 0 Å². The van der Waals surface area contributed by atoms with E-state index in [1.165, 1.54) is 11.1 Å². The third-order valence-electron chi connectivity index (χ3n) is 6.59. The van der Waals surface area contributed by atoms with Gasteiger partial charge in [0.05, 0.1) is 28.1 Å². The molecule has 0 fully saturated rings. The van der Waals surface area contributed by atoms with Crippen LogP contribution in [0.5, 0.6) is 0 Å². The van der Waals surface area contributed by atoms with E-state index in [9.17, 15) is 0 Å². The highest BCUT2D eigenvalue weighted by atomic mass is 14.8. The summed E-state index contributed by atoms with van der Waals surface area (Å²) < 4.78 is 0. The second-order valence-electron chi connectivity index (χ2n) is 11.5. The standard InChI is InChI=1S/C33H33N3/c1-32(2,3)25-20-28-29(21-26(25)33(4,5)6)36-31(30(35-28)23-12-8-7-9-13-23)24-17-15-22(16-18-24)27-14-10-11-19-34-27/h7-21H,1-6H3. The van der Waals surface area contributed by atoms with Crippen LogP contribution in [0.2, 0.25) is 0 Å².